The average Bonchev–Trinajstić information content (AvgIpc) is 3.00. The zero-order valence-corrected chi connectivity index (χ0v) is 12.3. The molecule has 0 bridgehead atoms. The molecule has 0 saturated carbocycles. The lowest BCUT2D eigenvalue weighted by Gasteiger charge is -2.27. The van der Waals surface area contributed by atoms with Crippen LogP contribution in [0.25, 0.3) is 11.2 Å². The van der Waals surface area contributed by atoms with Crippen LogP contribution in [0.3, 0.4) is 0 Å². The number of phosphoric acid groups is 1. The van der Waals surface area contributed by atoms with Crippen molar-refractivity contribution in [3.05, 3.63) is 16.7 Å². The van der Waals surface area contributed by atoms with Gasteiger partial charge in [-0.25, -0.2) is 9.55 Å². The molecule has 0 radical (unpaired) electrons. The van der Waals surface area contributed by atoms with Gasteiger partial charge in [0.15, 0.2) is 17.4 Å². The number of nitrogen functional groups attached to an aromatic ring is 1. The second-order valence-electron chi connectivity index (χ2n) is 5.17. The van der Waals surface area contributed by atoms with E-state index in [0.717, 1.165) is 0 Å². The predicted octanol–water partition coefficient (Wildman–Crippen LogP) is -1.52. The van der Waals surface area contributed by atoms with E-state index in [1.54, 1.807) is 0 Å². The van der Waals surface area contributed by atoms with Crippen LogP contribution in [0.1, 0.15) is 6.23 Å². The van der Waals surface area contributed by atoms with Gasteiger partial charge in [-0.3, -0.25) is 23.4 Å². The van der Waals surface area contributed by atoms with Crippen LogP contribution in [-0.2, 0) is 18.3 Å². The van der Waals surface area contributed by atoms with Crippen LogP contribution in [0.2, 0.25) is 0 Å². The first-order chi connectivity index (χ1) is 10.9. The Kier molecular flexibility index (Phi) is 3.10. The van der Waals surface area contributed by atoms with Crippen molar-refractivity contribution in [1.29, 1.82) is 0 Å². The SMILES string of the molecule is Nc1nc2c(ncn2[C@@H]2O[C@H]3COP(=O)(O)O[C@@H]3C2O)c(=O)[nH]1. The Hall–Kier alpha value is -1.82. The third-order valence-electron chi connectivity index (χ3n) is 3.69. The number of aromatic nitrogens is 4. The van der Waals surface area contributed by atoms with Crippen molar-refractivity contribution in [2.45, 2.75) is 24.5 Å². The van der Waals surface area contributed by atoms with Gasteiger partial charge in [0.2, 0.25) is 5.95 Å². The number of hydrogen-bond acceptors (Lipinski definition) is 9. The van der Waals surface area contributed by atoms with E-state index in [4.69, 9.17) is 15.0 Å². The third kappa shape index (κ3) is 2.27. The number of phosphoric ester groups is 1. The van der Waals surface area contributed by atoms with Gasteiger partial charge in [-0.15, -0.1) is 0 Å². The number of aliphatic hydroxyl groups is 1. The number of nitrogens with one attached hydrogen (secondary N) is 1. The van der Waals surface area contributed by atoms with E-state index >= 15 is 0 Å². The molecule has 23 heavy (non-hydrogen) atoms. The molecule has 2 fully saturated rings. The Morgan fingerprint density at radius 2 is 2.30 bits per heavy atom. The van der Waals surface area contributed by atoms with E-state index in [2.05, 4.69) is 19.5 Å². The molecular formula is C10H12N5O7P. The molecule has 124 valence electrons. The number of hydrogen-bond donors (Lipinski definition) is 4. The Morgan fingerprint density at radius 1 is 1.52 bits per heavy atom. The fourth-order valence-corrected chi connectivity index (χ4v) is 3.66. The quantitative estimate of drug-likeness (QED) is 0.444. The van der Waals surface area contributed by atoms with Crippen LogP contribution >= 0.6 is 7.82 Å². The highest BCUT2D eigenvalue weighted by molar-refractivity contribution is 7.47. The highest BCUT2D eigenvalue weighted by Crippen LogP contribution is 2.52. The molecule has 2 aliphatic heterocycles. The maximum atomic E-state index is 11.8. The maximum Gasteiger partial charge on any atom is 0.472 e. The van der Waals surface area contributed by atoms with Crippen LogP contribution in [0.15, 0.2) is 11.1 Å². The van der Waals surface area contributed by atoms with Crippen molar-refractivity contribution < 1.29 is 28.3 Å². The van der Waals surface area contributed by atoms with Crippen molar-refractivity contribution in [1.82, 2.24) is 19.5 Å². The fourth-order valence-electron chi connectivity index (χ4n) is 2.69. The summed E-state index contributed by atoms with van der Waals surface area (Å²) in [5.41, 5.74) is 5.12. The predicted molar refractivity (Wildman–Crippen MR) is 73.1 cm³/mol. The molecule has 5 N–H and O–H groups in total. The molecule has 12 nitrogen and oxygen atoms in total. The van der Waals surface area contributed by atoms with E-state index in [0.29, 0.717) is 0 Å². The first-order valence-corrected chi connectivity index (χ1v) is 8.07. The number of fused-ring (bicyclic) bond motifs is 2. The average molecular weight is 345 g/mol. The lowest BCUT2D eigenvalue weighted by molar-refractivity contribution is -0.0664. The minimum atomic E-state index is -4.22. The van der Waals surface area contributed by atoms with E-state index < -0.39 is 37.9 Å². The monoisotopic (exact) mass is 345 g/mol. The van der Waals surface area contributed by atoms with Gasteiger partial charge in [-0.05, 0) is 0 Å². The standard InChI is InChI=1S/C10H12N5O7P/c11-10-13-7-4(8(17)14-10)12-2-15(7)9-5(16)6-3(21-9)1-20-23(18,19)22-6/h2-3,5-6,9,16H,1H2,(H,18,19)(H3,11,13,14,17)/t3-,5?,6-,9+/m0/s1. The lowest BCUT2D eigenvalue weighted by Crippen LogP contribution is -2.39. The molecule has 0 aliphatic carbocycles. The lowest BCUT2D eigenvalue weighted by atomic mass is 10.1. The molecular weight excluding hydrogens is 333 g/mol. The number of nitrogens with zero attached hydrogens (tertiary/aromatic N) is 3. The fraction of sp³-hybridized carbons (Fsp3) is 0.500. The summed E-state index contributed by atoms with van der Waals surface area (Å²) in [4.78, 5) is 31.3. The highest BCUT2D eigenvalue weighted by Gasteiger charge is 2.52. The van der Waals surface area contributed by atoms with Gasteiger partial charge in [0.05, 0.1) is 12.9 Å². The largest absolute Gasteiger partial charge is 0.472 e. The summed E-state index contributed by atoms with van der Waals surface area (Å²) in [6.45, 7) is -0.214. The summed E-state index contributed by atoms with van der Waals surface area (Å²) in [5, 5.41) is 10.4. The molecule has 2 aromatic heterocycles. The zero-order valence-electron chi connectivity index (χ0n) is 11.4. The van der Waals surface area contributed by atoms with Gasteiger partial charge in [-0.2, -0.15) is 4.98 Å². The molecule has 0 amide bonds. The van der Waals surface area contributed by atoms with Crippen LogP contribution in [0.5, 0.6) is 0 Å². The van der Waals surface area contributed by atoms with Crippen LogP contribution < -0.4 is 11.3 Å². The number of ether oxygens (including phenoxy) is 1. The summed E-state index contributed by atoms with van der Waals surface area (Å²) in [7, 11) is -4.22. The van der Waals surface area contributed by atoms with Gasteiger partial charge in [-0.1, -0.05) is 0 Å². The Balaban J connectivity index is 1.75. The van der Waals surface area contributed by atoms with Crippen molar-refractivity contribution in [3.8, 4) is 0 Å². The van der Waals surface area contributed by atoms with Gasteiger partial charge in [0.25, 0.3) is 5.56 Å². The van der Waals surface area contributed by atoms with Crippen LogP contribution in [0.4, 0.5) is 5.95 Å². The molecule has 2 aromatic rings. The summed E-state index contributed by atoms with van der Waals surface area (Å²) in [5.74, 6) is -0.117. The molecule has 0 aromatic carbocycles. The van der Waals surface area contributed by atoms with E-state index in [-0.39, 0.29) is 23.7 Å². The van der Waals surface area contributed by atoms with Gasteiger partial charge in [0.1, 0.15) is 18.3 Å². The minimum Gasteiger partial charge on any atom is -0.386 e. The number of nitrogens with two attached hydrogens (primary N) is 1. The third-order valence-corrected chi connectivity index (χ3v) is 4.68. The number of H-pyrrole nitrogens is 1. The Morgan fingerprint density at radius 3 is 3.09 bits per heavy atom. The molecule has 2 aliphatic rings. The van der Waals surface area contributed by atoms with E-state index in [1.807, 2.05) is 0 Å². The van der Waals surface area contributed by atoms with Crippen molar-refractivity contribution in [2.75, 3.05) is 12.3 Å². The number of anilines is 1. The van der Waals surface area contributed by atoms with Crippen LogP contribution in [0, 0.1) is 0 Å². The number of aliphatic hydroxyl groups excluding tert-OH is 1. The molecule has 2 saturated heterocycles. The van der Waals surface area contributed by atoms with Crippen molar-refractivity contribution in [3.63, 3.8) is 0 Å². The van der Waals surface area contributed by atoms with Gasteiger partial charge < -0.3 is 20.5 Å². The second-order valence-corrected chi connectivity index (χ2v) is 6.57. The Labute approximate surface area is 127 Å². The second kappa shape index (κ2) is 4.84. The highest BCUT2D eigenvalue weighted by atomic mass is 31.2. The number of imidazole rings is 1. The molecule has 4 heterocycles. The van der Waals surface area contributed by atoms with Crippen molar-refractivity contribution >= 4 is 24.9 Å². The van der Waals surface area contributed by atoms with Crippen LogP contribution in [-0.4, -0.2) is 54.4 Å². The summed E-state index contributed by atoms with van der Waals surface area (Å²) in [6, 6.07) is 0. The number of rotatable bonds is 1. The smallest absolute Gasteiger partial charge is 0.386 e. The summed E-state index contributed by atoms with van der Waals surface area (Å²) >= 11 is 0. The molecule has 2 unspecified atom stereocenters. The normalized spacial score (nSPS) is 37.1. The Bertz CT molecular complexity index is 880. The zero-order chi connectivity index (χ0) is 16.4. The molecule has 4 rings (SSSR count). The minimum absolute atomic E-state index is 0.0230. The van der Waals surface area contributed by atoms with E-state index in [9.17, 15) is 19.4 Å². The summed E-state index contributed by atoms with van der Waals surface area (Å²) in [6.07, 6.45) is -2.85. The topological polar surface area (TPSA) is 175 Å². The molecule has 0 spiro atoms. The van der Waals surface area contributed by atoms with E-state index in [1.165, 1.54) is 10.9 Å². The first kappa shape index (κ1) is 14.8. The number of aromatic amines is 1. The van der Waals surface area contributed by atoms with Gasteiger partial charge in [0, 0.05) is 0 Å². The summed E-state index contributed by atoms with van der Waals surface area (Å²) < 4.78 is 27.9. The van der Waals surface area contributed by atoms with Gasteiger partial charge >= 0.3 is 7.82 Å². The molecule has 5 atom stereocenters. The van der Waals surface area contributed by atoms with Crippen molar-refractivity contribution in [2.24, 2.45) is 0 Å². The maximum absolute atomic E-state index is 11.8. The first-order valence-electron chi connectivity index (χ1n) is 6.57. The molecule has 13 heteroatoms.